The minimum Gasteiger partial charge on any atom is -0.469 e. The molecule has 0 amide bonds. The van der Waals surface area contributed by atoms with E-state index in [9.17, 15) is 9.59 Å². The monoisotopic (exact) mass is 170 g/mol. The van der Waals surface area contributed by atoms with Gasteiger partial charge >= 0.3 is 5.97 Å². The molecule has 0 rings (SSSR count). The maximum absolute atomic E-state index is 11.0. The third-order valence-corrected chi connectivity index (χ3v) is 1.46. The van der Waals surface area contributed by atoms with E-state index in [0.29, 0.717) is 12.8 Å². The summed E-state index contributed by atoms with van der Waals surface area (Å²) in [5.74, 6) is -0.248. The van der Waals surface area contributed by atoms with Crippen LogP contribution >= 0.6 is 0 Å². The molecule has 0 saturated heterocycles. The summed E-state index contributed by atoms with van der Waals surface area (Å²) in [5.41, 5.74) is 0. The van der Waals surface area contributed by atoms with Crippen LogP contribution in [0.3, 0.4) is 0 Å². The first-order valence-electron chi connectivity index (χ1n) is 3.90. The van der Waals surface area contributed by atoms with Gasteiger partial charge in [-0.3, -0.25) is 9.59 Å². The molecule has 0 aliphatic carbocycles. The van der Waals surface area contributed by atoms with Gasteiger partial charge in [0.1, 0.15) is 5.78 Å². The molecule has 0 aromatic carbocycles. The van der Waals surface area contributed by atoms with E-state index in [1.807, 2.05) is 0 Å². The zero-order valence-electron chi connectivity index (χ0n) is 7.34. The van der Waals surface area contributed by atoms with Gasteiger partial charge in [0, 0.05) is 12.8 Å². The molecule has 0 unspecified atom stereocenters. The largest absolute Gasteiger partial charge is 0.469 e. The van der Waals surface area contributed by atoms with E-state index in [4.69, 9.17) is 0 Å². The van der Waals surface area contributed by atoms with Gasteiger partial charge in [-0.1, -0.05) is 6.08 Å². The van der Waals surface area contributed by atoms with Gasteiger partial charge in [-0.05, 0) is 6.42 Å². The van der Waals surface area contributed by atoms with Gasteiger partial charge < -0.3 is 4.74 Å². The summed E-state index contributed by atoms with van der Waals surface area (Å²) in [4.78, 5) is 21.6. The predicted octanol–water partition coefficient (Wildman–Crippen LogP) is 1.47. The Kier molecular flexibility index (Phi) is 5.97. The molecule has 0 fully saturated rings. The van der Waals surface area contributed by atoms with Crippen LogP contribution in [0.4, 0.5) is 0 Å². The first-order valence-corrected chi connectivity index (χ1v) is 3.90. The Labute approximate surface area is 72.4 Å². The lowest BCUT2D eigenvalue weighted by atomic mass is 10.1. The van der Waals surface area contributed by atoms with E-state index in [1.54, 1.807) is 6.08 Å². The molecular weight excluding hydrogens is 156 g/mol. The van der Waals surface area contributed by atoms with Crippen molar-refractivity contribution in [2.75, 3.05) is 7.11 Å². The van der Waals surface area contributed by atoms with Gasteiger partial charge in [-0.2, -0.15) is 0 Å². The molecule has 68 valence electrons. The highest BCUT2D eigenvalue weighted by Gasteiger charge is 2.05. The van der Waals surface area contributed by atoms with Crippen LogP contribution in [-0.4, -0.2) is 18.9 Å². The predicted molar refractivity (Wildman–Crippen MR) is 45.7 cm³/mol. The highest BCUT2D eigenvalue weighted by Crippen LogP contribution is 1.99. The maximum atomic E-state index is 11.0. The summed E-state index contributed by atoms with van der Waals surface area (Å²) in [6.07, 6.45) is 3.31. The van der Waals surface area contributed by atoms with Gasteiger partial charge in [0.25, 0.3) is 0 Å². The molecule has 3 nitrogen and oxygen atoms in total. The highest BCUT2D eigenvalue weighted by molar-refractivity contribution is 5.82. The van der Waals surface area contributed by atoms with E-state index in [-0.39, 0.29) is 24.6 Å². The molecule has 0 aromatic rings. The summed E-state index contributed by atoms with van der Waals surface area (Å²) in [6, 6.07) is 0. The molecule has 0 N–H and O–H groups in total. The van der Waals surface area contributed by atoms with Gasteiger partial charge in [-0.25, -0.2) is 0 Å². The number of ketones is 1. The molecule has 0 heterocycles. The van der Waals surface area contributed by atoms with Crippen LogP contribution in [0.15, 0.2) is 12.7 Å². The smallest absolute Gasteiger partial charge is 0.305 e. The van der Waals surface area contributed by atoms with Gasteiger partial charge in [0.05, 0.1) is 13.5 Å². The number of allylic oxidation sites excluding steroid dienone is 1. The lowest BCUT2D eigenvalue weighted by Gasteiger charge is -1.97. The van der Waals surface area contributed by atoms with Crippen molar-refractivity contribution in [3.8, 4) is 0 Å². The number of hydrogen-bond donors (Lipinski definition) is 0. The Morgan fingerprint density at radius 3 is 2.50 bits per heavy atom. The highest BCUT2D eigenvalue weighted by atomic mass is 16.5. The maximum Gasteiger partial charge on any atom is 0.305 e. The van der Waals surface area contributed by atoms with Crippen molar-refractivity contribution in [2.45, 2.75) is 25.7 Å². The average molecular weight is 170 g/mol. The first-order chi connectivity index (χ1) is 5.70. The molecule has 0 aliphatic heterocycles. The van der Waals surface area contributed by atoms with Crippen molar-refractivity contribution in [3.63, 3.8) is 0 Å². The summed E-state index contributed by atoms with van der Waals surface area (Å²) in [7, 11) is 1.32. The molecular formula is C9H14O3. The molecule has 0 spiro atoms. The quantitative estimate of drug-likeness (QED) is 0.448. The van der Waals surface area contributed by atoms with Crippen molar-refractivity contribution in [3.05, 3.63) is 12.7 Å². The molecule has 0 aromatic heterocycles. The van der Waals surface area contributed by atoms with E-state index in [0.717, 1.165) is 0 Å². The second-order valence-corrected chi connectivity index (χ2v) is 2.44. The third-order valence-electron chi connectivity index (χ3n) is 1.46. The third kappa shape index (κ3) is 5.65. The normalized spacial score (nSPS) is 9.08. The van der Waals surface area contributed by atoms with Gasteiger partial charge in [0.15, 0.2) is 0 Å². The fraction of sp³-hybridized carbons (Fsp3) is 0.556. The number of carbonyl (C=O) groups is 2. The second kappa shape index (κ2) is 6.58. The summed E-state index contributed by atoms with van der Waals surface area (Å²) < 4.78 is 4.39. The number of hydrogen-bond acceptors (Lipinski definition) is 3. The molecule has 0 saturated carbocycles. The Bertz CT molecular complexity index is 173. The number of esters is 1. The molecule has 12 heavy (non-hydrogen) atoms. The summed E-state index contributed by atoms with van der Waals surface area (Å²) in [5, 5.41) is 0. The topological polar surface area (TPSA) is 43.4 Å². The van der Waals surface area contributed by atoms with Crippen LogP contribution in [0, 0.1) is 0 Å². The Balaban J connectivity index is 3.43. The van der Waals surface area contributed by atoms with Gasteiger partial charge in [-0.15, -0.1) is 6.58 Å². The van der Waals surface area contributed by atoms with E-state index in [1.165, 1.54) is 7.11 Å². The van der Waals surface area contributed by atoms with Crippen molar-refractivity contribution in [1.82, 2.24) is 0 Å². The number of Topliss-reactive ketones (excluding diaryl/α,β-unsaturated/α-hetero) is 1. The molecule has 0 aliphatic rings. The van der Waals surface area contributed by atoms with E-state index >= 15 is 0 Å². The average Bonchev–Trinajstić information content (AvgIpc) is 2.10. The van der Waals surface area contributed by atoms with Crippen LogP contribution < -0.4 is 0 Å². The van der Waals surface area contributed by atoms with E-state index in [2.05, 4.69) is 11.3 Å². The number of carbonyl (C=O) groups excluding carboxylic acids is 2. The fourth-order valence-corrected chi connectivity index (χ4v) is 0.732. The van der Waals surface area contributed by atoms with Crippen molar-refractivity contribution in [2.24, 2.45) is 0 Å². The lowest BCUT2D eigenvalue weighted by molar-refractivity contribution is -0.141. The van der Waals surface area contributed by atoms with Crippen molar-refractivity contribution >= 4 is 11.8 Å². The fourth-order valence-electron chi connectivity index (χ4n) is 0.732. The second-order valence-electron chi connectivity index (χ2n) is 2.44. The summed E-state index contributed by atoms with van der Waals surface area (Å²) >= 11 is 0. The Morgan fingerprint density at radius 1 is 1.33 bits per heavy atom. The van der Waals surface area contributed by atoms with Crippen LogP contribution in [0.25, 0.3) is 0 Å². The SMILES string of the molecule is C=CCCC(=O)CCC(=O)OC. The van der Waals surface area contributed by atoms with Crippen molar-refractivity contribution in [1.29, 1.82) is 0 Å². The number of methoxy groups -OCH3 is 1. The van der Waals surface area contributed by atoms with Crippen LogP contribution in [0.1, 0.15) is 25.7 Å². The van der Waals surface area contributed by atoms with Crippen LogP contribution in [-0.2, 0) is 14.3 Å². The minimum absolute atomic E-state index is 0.0836. The first kappa shape index (κ1) is 10.9. The lowest BCUT2D eigenvalue weighted by Crippen LogP contribution is -2.05. The molecule has 0 bridgehead atoms. The Hall–Kier alpha value is -1.12. The Morgan fingerprint density at radius 2 is 2.00 bits per heavy atom. The zero-order chi connectivity index (χ0) is 9.40. The summed E-state index contributed by atoms with van der Waals surface area (Å²) in [6.45, 7) is 3.50. The molecule has 3 heteroatoms. The zero-order valence-corrected chi connectivity index (χ0v) is 7.34. The van der Waals surface area contributed by atoms with Crippen LogP contribution in [0.5, 0.6) is 0 Å². The van der Waals surface area contributed by atoms with Gasteiger partial charge in [0.2, 0.25) is 0 Å². The van der Waals surface area contributed by atoms with Crippen LogP contribution in [0.2, 0.25) is 0 Å². The number of rotatable bonds is 6. The molecule has 0 radical (unpaired) electrons. The van der Waals surface area contributed by atoms with Crippen molar-refractivity contribution < 1.29 is 14.3 Å². The minimum atomic E-state index is -0.332. The number of ether oxygens (including phenoxy) is 1. The standard InChI is InChI=1S/C9H14O3/c1-3-4-5-8(10)6-7-9(11)12-2/h3H,1,4-7H2,2H3. The molecule has 0 atom stereocenters. The van der Waals surface area contributed by atoms with E-state index < -0.39 is 0 Å².